The second-order valence-electron chi connectivity index (χ2n) is 7.23. The number of hydrogen-bond donors (Lipinski definition) is 2. The summed E-state index contributed by atoms with van der Waals surface area (Å²) in [4.78, 5) is 18.1. The number of carbonyl (C=O) groups excluding carboxylic acids is 1. The van der Waals surface area contributed by atoms with E-state index in [0.717, 1.165) is 43.0 Å². The van der Waals surface area contributed by atoms with Crippen LogP contribution in [0.1, 0.15) is 24.7 Å². The number of aryl methyl sites for hydroxylation is 1. The molecule has 2 aromatic carbocycles. The summed E-state index contributed by atoms with van der Waals surface area (Å²) in [6.45, 7) is 4.33. The molecule has 0 atom stereocenters. The molecule has 140 valence electrons. The summed E-state index contributed by atoms with van der Waals surface area (Å²) in [5.41, 5.74) is 2.54. The van der Waals surface area contributed by atoms with Crippen LogP contribution in [0.5, 0.6) is 0 Å². The molecule has 1 aliphatic heterocycles. The molecule has 2 heterocycles. The normalized spacial score (nSPS) is 19.9. The van der Waals surface area contributed by atoms with Gasteiger partial charge in [-0.3, -0.25) is 4.79 Å². The maximum absolute atomic E-state index is 13.5. The number of nitrogens with one attached hydrogen (secondary N) is 2. The standard InChI is InChI=1S/C21H23FN4O/c1-15-23-19-13-16(22)7-8-20(19)26(15)18-9-11-25(12-10-18)14-21(27)24-17-5-3-2-4-6-17/h2-8,13,18H,9-12,14H2,1H3,(H,24,27)/p+1. The Morgan fingerprint density at radius 1 is 1.22 bits per heavy atom. The molecule has 0 bridgehead atoms. The maximum Gasteiger partial charge on any atom is 0.279 e. The van der Waals surface area contributed by atoms with Gasteiger partial charge in [0.25, 0.3) is 5.91 Å². The second-order valence-corrected chi connectivity index (χ2v) is 7.23. The summed E-state index contributed by atoms with van der Waals surface area (Å²) < 4.78 is 15.7. The van der Waals surface area contributed by atoms with Gasteiger partial charge < -0.3 is 14.8 Å². The van der Waals surface area contributed by atoms with E-state index >= 15 is 0 Å². The molecule has 1 aromatic heterocycles. The number of para-hydroxylation sites is 1. The SMILES string of the molecule is Cc1nc2cc(F)ccc2n1C1CC[NH+](CC(=O)Nc2ccccc2)CC1. The Labute approximate surface area is 157 Å². The van der Waals surface area contributed by atoms with Crippen LogP contribution in [0.3, 0.4) is 0 Å². The van der Waals surface area contributed by atoms with Gasteiger partial charge in [0.2, 0.25) is 0 Å². The molecular weight excluding hydrogens is 343 g/mol. The number of rotatable bonds is 4. The molecule has 4 rings (SSSR count). The molecule has 27 heavy (non-hydrogen) atoms. The van der Waals surface area contributed by atoms with E-state index in [1.165, 1.54) is 17.0 Å². The molecule has 0 unspecified atom stereocenters. The number of aromatic nitrogens is 2. The van der Waals surface area contributed by atoms with Crippen molar-refractivity contribution in [1.29, 1.82) is 0 Å². The number of imidazole rings is 1. The number of amides is 1. The number of anilines is 1. The largest absolute Gasteiger partial charge is 0.327 e. The fourth-order valence-corrected chi connectivity index (χ4v) is 4.05. The lowest BCUT2D eigenvalue weighted by atomic mass is 10.0. The Morgan fingerprint density at radius 3 is 2.70 bits per heavy atom. The minimum Gasteiger partial charge on any atom is -0.327 e. The third-order valence-electron chi connectivity index (χ3n) is 5.32. The Hall–Kier alpha value is -2.73. The van der Waals surface area contributed by atoms with Gasteiger partial charge in [-0.05, 0) is 31.2 Å². The van der Waals surface area contributed by atoms with Gasteiger partial charge in [0.15, 0.2) is 6.54 Å². The van der Waals surface area contributed by atoms with Crippen LogP contribution in [0.4, 0.5) is 10.1 Å². The van der Waals surface area contributed by atoms with Crippen molar-refractivity contribution in [2.24, 2.45) is 0 Å². The molecule has 0 radical (unpaired) electrons. The van der Waals surface area contributed by atoms with Gasteiger partial charge >= 0.3 is 0 Å². The minimum absolute atomic E-state index is 0.0504. The third-order valence-corrected chi connectivity index (χ3v) is 5.32. The quantitative estimate of drug-likeness (QED) is 0.744. The van der Waals surface area contributed by atoms with E-state index in [0.29, 0.717) is 18.1 Å². The zero-order valence-electron chi connectivity index (χ0n) is 15.4. The molecule has 1 fully saturated rings. The van der Waals surface area contributed by atoms with Crippen molar-refractivity contribution in [1.82, 2.24) is 9.55 Å². The van der Waals surface area contributed by atoms with Crippen LogP contribution in [-0.4, -0.2) is 35.1 Å². The first-order chi connectivity index (χ1) is 13.1. The van der Waals surface area contributed by atoms with Crippen molar-refractivity contribution in [2.75, 3.05) is 25.0 Å². The van der Waals surface area contributed by atoms with E-state index < -0.39 is 0 Å². The summed E-state index contributed by atoms with van der Waals surface area (Å²) in [6, 6.07) is 14.7. The van der Waals surface area contributed by atoms with E-state index in [1.807, 2.05) is 43.3 Å². The Kier molecular flexibility index (Phi) is 4.90. The molecule has 6 heteroatoms. The Balaban J connectivity index is 1.38. The van der Waals surface area contributed by atoms with Crippen LogP contribution in [-0.2, 0) is 4.79 Å². The van der Waals surface area contributed by atoms with Gasteiger partial charge in [-0.25, -0.2) is 9.37 Å². The Morgan fingerprint density at radius 2 is 1.96 bits per heavy atom. The summed E-state index contributed by atoms with van der Waals surface area (Å²) >= 11 is 0. The van der Waals surface area contributed by atoms with Gasteiger partial charge in [0.05, 0.1) is 24.1 Å². The molecule has 5 nitrogen and oxygen atoms in total. The predicted molar refractivity (Wildman–Crippen MR) is 103 cm³/mol. The first-order valence-electron chi connectivity index (χ1n) is 9.43. The van der Waals surface area contributed by atoms with Gasteiger partial charge in [-0.15, -0.1) is 0 Å². The van der Waals surface area contributed by atoms with E-state index in [-0.39, 0.29) is 11.7 Å². The van der Waals surface area contributed by atoms with Gasteiger partial charge in [0, 0.05) is 30.6 Å². The molecule has 0 saturated carbocycles. The fraction of sp³-hybridized carbons (Fsp3) is 0.333. The van der Waals surface area contributed by atoms with Crippen LogP contribution in [0.25, 0.3) is 11.0 Å². The first-order valence-corrected chi connectivity index (χ1v) is 9.43. The third kappa shape index (κ3) is 3.85. The summed E-state index contributed by atoms with van der Waals surface area (Å²) in [7, 11) is 0. The number of quaternary nitrogens is 1. The Bertz CT molecular complexity index is 945. The van der Waals surface area contributed by atoms with Crippen LogP contribution in [0.15, 0.2) is 48.5 Å². The van der Waals surface area contributed by atoms with Crippen LogP contribution in [0, 0.1) is 12.7 Å². The molecule has 3 aromatic rings. The van der Waals surface area contributed by atoms with Crippen molar-refractivity contribution in [3.8, 4) is 0 Å². The highest BCUT2D eigenvalue weighted by Crippen LogP contribution is 2.26. The number of carbonyl (C=O) groups is 1. The molecule has 0 spiro atoms. The topological polar surface area (TPSA) is 51.4 Å². The van der Waals surface area contributed by atoms with E-state index in [9.17, 15) is 9.18 Å². The van der Waals surface area contributed by atoms with E-state index in [1.54, 1.807) is 0 Å². The number of piperidine rings is 1. The lowest BCUT2D eigenvalue weighted by molar-refractivity contribution is -0.897. The number of benzene rings is 2. The first kappa shape index (κ1) is 17.7. The number of hydrogen-bond acceptors (Lipinski definition) is 2. The average molecular weight is 367 g/mol. The highest BCUT2D eigenvalue weighted by atomic mass is 19.1. The molecule has 1 saturated heterocycles. The summed E-state index contributed by atoms with van der Waals surface area (Å²) in [5, 5.41) is 2.96. The van der Waals surface area contributed by atoms with Crippen LogP contribution < -0.4 is 10.2 Å². The minimum atomic E-state index is -0.254. The van der Waals surface area contributed by atoms with E-state index in [4.69, 9.17) is 0 Å². The zero-order chi connectivity index (χ0) is 18.8. The molecule has 1 amide bonds. The number of likely N-dealkylation sites (tertiary alicyclic amines) is 1. The lowest BCUT2D eigenvalue weighted by Gasteiger charge is -2.30. The van der Waals surface area contributed by atoms with Crippen molar-refractivity contribution in [3.05, 3.63) is 60.2 Å². The maximum atomic E-state index is 13.5. The van der Waals surface area contributed by atoms with Crippen LogP contribution >= 0.6 is 0 Å². The lowest BCUT2D eigenvalue weighted by Crippen LogP contribution is -3.14. The number of halogens is 1. The summed E-state index contributed by atoms with van der Waals surface area (Å²) in [5.74, 6) is 0.719. The van der Waals surface area contributed by atoms with Gasteiger partial charge in [-0.1, -0.05) is 18.2 Å². The van der Waals surface area contributed by atoms with Crippen LogP contribution in [0.2, 0.25) is 0 Å². The molecule has 1 aliphatic rings. The zero-order valence-corrected chi connectivity index (χ0v) is 15.4. The summed E-state index contributed by atoms with van der Waals surface area (Å²) in [6.07, 6.45) is 1.97. The van der Waals surface area contributed by atoms with Gasteiger partial charge in [-0.2, -0.15) is 0 Å². The molecular formula is C21H24FN4O+. The molecule has 2 N–H and O–H groups in total. The van der Waals surface area contributed by atoms with Gasteiger partial charge in [0.1, 0.15) is 11.6 Å². The van der Waals surface area contributed by atoms with E-state index in [2.05, 4.69) is 14.9 Å². The number of fused-ring (bicyclic) bond motifs is 1. The smallest absolute Gasteiger partial charge is 0.279 e. The number of nitrogens with zero attached hydrogens (tertiary/aromatic N) is 2. The highest BCUT2D eigenvalue weighted by Gasteiger charge is 2.27. The fourth-order valence-electron chi connectivity index (χ4n) is 4.05. The second kappa shape index (κ2) is 7.48. The highest BCUT2D eigenvalue weighted by molar-refractivity contribution is 5.91. The van der Waals surface area contributed by atoms with Crippen molar-refractivity contribution >= 4 is 22.6 Å². The van der Waals surface area contributed by atoms with Crippen molar-refractivity contribution in [2.45, 2.75) is 25.8 Å². The predicted octanol–water partition coefficient (Wildman–Crippen LogP) is 2.34. The molecule has 0 aliphatic carbocycles. The average Bonchev–Trinajstić information content (AvgIpc) is 2.98. The van der Waals surface area contributed by atoms with Crippen molar-refractivity contribution in [3.63, 3.8) is 0 Å². The monoisotopic (exact) mass is 367 g/mol. The van der Waals surface area contributed by atoms with Crippen molar-refractivity contribution < 1.29 is 14.1 Å².